The Morgan fingerprint density at radius 3 is 2.67 bits per heavy atom. The van der Waals surface area contributed by atoms with E-state index < -0.39 is 0 Å². The van der Waals surface area contributed by atoms with Gasteiger partial charge in [-0.2, -0.15) is 0 Å². The molecule has 4 heteroatoms. The van der Waals surface area contributed by atoms with Gasteiger partial charge in [-0.15, -0.1) is 0 Å². The standard InChI is InChI=1S/C8H14N2OS/c11-8-10-5-6-12(8)7-3-1-2-4-9-7/h9H,1-6H2,(H,10,11). The first kappa shape index (κ1) is 8.26. The molecule has 0 aromatic rings. The van der Waals surface area contributed by atoms with E-state index in [1.54, 1.807) is 0 Å². The fraction of sp³-hybridized carbons (Fsp3) is 0.750. The second-order valence-electron chi connectivity index (χ2n) is 3.12. The van der Waals surface area contributed by atoms with Crippen molar-refractivity contribution in [2.75, 3.05) is 18.8 Å². The Labute approximate surface area is 74.8 Å². The third-order valence-corrected chi connectivity index (χ3v) is 4.40. The van der Waals surface area contributed by atoms with E-state index in [1.807, 2.05) is 0 Å². The quantitative estimate of drug-likeness (QED) is 0.551. The van der Waals surface area contributed by atoms with E-state index >= 15 is 0 Å². The molecule has 1 unspecified atom stereocenters. The molecule has 12 heavy (non-hydrogen) atoms. The summed E-state index contributed by atoms with van der Waals surface area (Å²) in [4.78, 5) is 12.6. The Kier molecular flexibility index (Phi) is 2.46. The Hall–Kier alpha value is -0.350. The van der Waals surface area contributed by atoms with Gasteiger partial charge in [-0.25, -0.2) is 0 Å². The lowest BCUT2D eigenvalue weighted by molar-refractivity contribution is 0.262. The van der Waals surface area contributed by atoms with Gasteiger partial charge in [0.15, 0.2) is 0 Å². The summed E-state index contributed by atoms with van der Waals surface area (Å²) in [5, 5.41) is 6.49. The molecule has 0 aromatic carbocycles. The van der Waals surface area contributed by atoms with Gasteiger partial charge < -0.3 is 5.32 Å². The van der Waals surface area contributed by atoms with Gasteiger partial charge in [-0.05, 0) is 19.3 Å². The zero-order valence-electron chi connectivity index (χ0n) is 7.06. The molecular formula is C8H14N2OS. The van der Waals surface area contributed by atoms with E-state index in [0.29, 0.717) is 0 Å². The molecule has 2 aliphatic heterocycles. The zero-order valence-corrected chi connectivity index (χ0v) is 7.88. The number of amides is 1. The van der Waals surface area contributed by atoms with Crippen LogP contribution in [-0.2, 0) is 0 Å². The van der Waals surface area contributed by atoms with Crippen LogP contribution in [0.4, 0.5) is 4.79 Å². The van der Waals surface area contributed by atoms with Crippen LogP contribution in [0.1, 0.15) is 19.3 Å². The van der Waals surface area contributed by atoms with Gasteiger partial charge in [0.05, 0.1) is 0 Å². The fourth-order valence-electron chi connectivity index (χ4n) is 1.61. The Balaban J connectivity index is 2.16. The maximum atomic E-state index is 11.3. The Bertz CT molecular complexity index is 229. The van der Waals surface area contributed by atoms with E-state index in [-0.39, 0.29) is 15.7 Å². The van der Waals surface area contributed by atoms with Crippen LogP contribution in [0.2, 0.25) is 0 Å². The molecule has 0 aliphatic carbocycles. The summed E-state index contributed by atoms with van der Waals surface area (Å²) in [7, 11) is -0.103. The first-order valence-corrected chi connectivity index (χ1v) is 5.86. The van der Waals surface area contributed by atoms with Gasteiger partial charge in [0.25, 0.3) is 5.24 Å². The lowest BCUT2D eigenvalue weighted by Crippen LogP contribution is -2.29. The summed E-state index contributed by atoms with van der Waals surface area (Å²) < 4.78 is 0. The molecule has 0 saturated carbocycles. The average Bonchev–Trinajstić information content (AvgIpc) is 2.53. The summed E-state index contributed by atoms with van der Waals surface area (Å²) in [5.74, 6) is 1.02. The number of piperidine rings is 1. The zero-order chi connectivity index (χ0) is 8.39. The van der Waals surface area contributed by atoms with Crippen molar-refractivity contribution in [1.82, 2.24) is 10.6 Å². The van der Waals surface area contributed by atoms with Crippen LogP contribution in [0.5, 0.6) is 0 Å². The largest absolute Gasteiger partial charge is 0.347 e. The first-order chi connectivity index (χ1) is 5.88. The highest BCUT2D eigenvalue weighted by atomic mass is 32.2. The normalized spacial score (nSPS) is 33.5. The Morgan fingerprint density at radius 2 is 2.08 bits per heavy atom. The lowest BCUT2D eigenvalue weighted by atomic mass is 10.2. The highest BCUT2D eigenvalue weighted by molar-refractivity contribution is 8.28. The van der Waals surface area contributed by atoms with Crippen molar-refractivity contribution in [3.05, 3.63) is 0 Å². The van der Waals surface area contributed by atoms with Crippen molar-refractivity contribution in [3.63, 3.8) is 0 Å². The number of carbonyl (C=O) groups is 1. The molecule has 2 fully saturated rings. The first-order valence-electron chi connectivity index (χ1n) is 4.46. The number of hydrogen-bond donors (Lipinski definition) is 2. The lowest BCUT2D eigenvalue weighted by Gasteiger charge is -2.17. The van der Waals surface area contributed by atoms with Crippen LogP contribution in [0.3, 0.4) is 0 Å². The van der Waals surface area contributed by atoms with Crippen molar-refractivity contribution in [2.24, 2.45) is 0 Å². The summed E-state index contributed by atoms with van der Waals surface area (Å²) in [6.45, 7) is 1.93. The van der Waals surface area contributed by atoms with Gasteiger partial charge >= 0.3 is 0 Å². The Morgan fingerprint density at radius 1 is 1.17 bits per heavy atom. The fourth-order valence-corrected chi connectivity index (χ4v) is 3.51. The molecular weight excluding hydrogens is 172 g/mol. The van der Waals surface area contributed by atoms with Crippen molar-refractivity contribution < 1.29 is 4.79 Å². The highest BCUT2D eigenvalue weighted by Gasteiger charge is 2.20. The molecule has 2 aliphatic rings. The molecule has 68 valence electrons. The van der Waals surface area contributed by atoms with E-state index in [9.17, 15) is 4.79 Å². The molecule has 0 spiro atoms. The van der Waals surface area contributed by atoms with E-state index in [4.69, 9.17) is 0 Å². The number of hydrogen-bond acceptors (Lipinski definition) is 1. The topological polar surface area (TPSA) is 41.1 Å². The van der Waals surface area contributed by atoms with Crippen molar-refractivity contribution in [3.8, 4) is 0 Å². The SMILES string of the molecule is O=C1NCC/S1=C1/CCCCN1. The van der Waals surface area contributed by atoms with Crippen LogP contribution in [-0.4, -0.2) is 29.1 Å². The summed E-state index contributed by atoms with van der Waals surface area (Å²) >= 11 is 0. The third-order valence-electron chi connectivity index (χ3n) is 2.25. The molecule has 2 rings (SSSR count). The highest BCUT2D eigenvalue weighted by Crippen LogP contribution is 2.23. The summed E-state index contributed by atoms with van der Waals surface area (Å²) in [5.41, 5.74) is 0. The minimum Gasteiger partial charge on any atom is -0.347 e. The second-order valence-corrected chi connectivity index (χ2v) is 5.17. The molecule has 2 heterocycles. The van der Waals surface area contributed by atoms with Gasteiger partial charge in [0.1, 0.15) is 0 Å². The van der Waals surface area contributed by atoms with Gasteiger partial charge in [-0.3, -0.25) is 10.1 Å². The minimum absolute atomic E-state index is 0.103. The maximum Gasteiger partial charge on any atom is 0.274 e. The smallest absolute Gasteiger partial charge is 0.274 e. The van der Waals surface area contributed by atoms with Crippen LogP contribution in [0.15, 0.2) is 0 Å². The van der Waals surface area contributed by atoms with Crippen LogP contribution in [0, 0.1) is 0 Å². The molecule has 0 bridgehead atoms. The summed E-state index contributed by atoms with van der Waals surface area (Å²) in [6.07, 6.45) is 3.61. The number of rotatable bonds is 0. The molecule has 2 N–H and O–H groups in total. The summed E-state index contributed by atoms with van der Waals surface area (Å²) in [6, 6.07) is 0. The van der Waals surface area contributed by atoms with Crippen molar-refractivity contribution in [1.29, 1.82) is 0 Å². The molecule has 0 radical (unpaired) electrons. The van der Waals surface area contributed by atoms with Crippen LogP contribution < -0.4 is 10.6 Å². The average molecular weight is 186 g/mol. The third kappa shape index (κ3) is 1.54. The molecule has 0 aromatic heterocycles. The molecule has 1 atom stereocenters. The predicted octanol–water partition coefficient (Wildman–Crippen LogP) is 0.882. The van der Waals surface area contributed by atoms with Gasteiger partial charge in [-0.1, -0.05) is 10.5 Å². The molecule has 1 amide bonds. The second kappa shape index (κ2) is 3.58. The molecule has 3 nitrogen and oxygen atoms in total. The monoisotopic (exact) mass is 186 g/mol. The minimum atomic E-state index is -0.103. The predicted molar refractivity (Wildman–Crippen MR) is 52.7 cm³/mol. The van der Waals surface area contributed by atoms with E-state index in [1.165, 1.54) is 17.8 Å². The van der Waals surface area contributed by atoms with Gasteiger partial charge in [0, 0.05) is 23.8 Å². The number of nitrogens with one attached hydrogen (secondary N) is 2. The number of carbonyl (C=O) groups excluding carboxylic acids is 1. The van der Waals surface area contributed by atoms with Gasteiger partial charge in [0.2, 0.25) is 0 Å². The van der Waals surface area contributed by atoms with Crippen molar-refractivity contribution >= 4 is 20.7 Å². The van der Waals surface area contributed by atoms with Crippen LogP contribution in [0.25, 0.3) is 0 Å². The van der Waals surface area contributed by atoms with Crippen molar-refractivity contribution in [2.45, 2.75) is 19.3 Å². The van der Waals surface area contributed by atoms with Crippen LogP contribution >= 0.6 is 10.5 Å². The van der Waals surface area contributed by atoms with E-state index in [0.717, 1.165) is 25.3 Å². The van der Waals surface area contributed by atoms with E-state index in [2.05, 4.69) is 10.6 Å². The maximum absolute atomic E-state index is 11.3. The molecule has 2 saturated heterocycles.